The first kappa shape index (κ1) is 13.1. The molecule has 3 nitrogen and oxygen atoms in total. The summed E-state index contributed by atoms with van der Waals surface area (Å²) in [7, 11) is 0. The normalized spacial score (nSPS) is 22.6. The fourth-order valence-electron chi connectivity index (χ4n) is 2.90. The highest BCUT2D eigenvalue weighted by Gasteiger charge is 2.24. The van der Waals surface area contributed by atoms with Crippen LogP contribution in [-0.2, 0) is 4.79 Å². The van der Waals surface area contributed by atoms with Gasteiger partial charge in [-0.3, -0.25) is 4.79 Å². The number of hydrogen-bond acceptors (Lipinski definition) is 2. The predicted octanol–water partition coefficient (Wildman–Crippen LogP) is 3.31. The molecule has 1 saturated heterocycles. The van der Waals surface area contributed by atoms with Crippen molar-refractivity contribution >= 4 is 22.4 Å². The lowest BCUT2D eigenvalue weighted by Crippen LogP contribution is -2.47. The van der Waals surface area contributed by atoms with Gasteiger partial charge in [-0.05, 0) is 37.6 Å². The number of piperidine rings is 1. The fraction of sp³-hybridized carbons (Fsp3) is 0.353. The Hall–Kier alpha value is -1.87. The second-order valence-corrected chi connectivity index (χ2v) is 5.57. The molecule has 3 heteroatoms. The molecule has 0 aromatic heterocycles. The van der Waals surface area contributed by atoms with Gasteiger partial charge in [-0.2, -0.15) is 0 Å². The monoisotopic (exact) mass is 268 g/mol. The second-order valence-electron chi connectivity index (χ2n) is 5.57. The predicted molar refractivity (Wildman–Crippen MR) is 82.8 cm³/mol. The highest BCUT2D eigenvalue weighted by atomic mass is 16.2. The van der Waals surface area contributed by atoms with Crippen molar-refractivity contribution in [3.05, 3.63) is 42.5 Å². The van der Waals surface area contributed by atoms with Gasteiger partial charge < -0.3 is 10.6 Å². The van der Waals surface area contributed by atoms with Crippen LogP contribution in [0.4, 0.5) is 5.69 Å². The molecular formula is C17H20N2O. The van der Waals surface area contributed by atoms with Crippen LogP contribution in [0.5, 0.6) is 0 Å². The third kappa shape index (κ3) is 2.68. The van der Waals surface area contributed by atoms with E-state index in [1.54, 1.807) is 0 Å². The van der Waals surface area contributed by atoms with Crippen molar-refractivity contribution in [3.63, 3.8) is 0 Å². The molecule has 2 N–H and O–H groups in total. The molecule has 1 aliphatic rings. The summed E-state index contributed by atoms with van der Waals surface area (Å²) < 4.78 is 0. The molecule has 0 spiro atoms. The summed E-state index contributed by atoms with van der Waals surface area (Å²) in [5, 5.41) is 8.68. The summed E-state index contributed by atoms with van der Waals surface area (Å²) in [6, 6.07) is 14.5. The maximum absolute atomic E-state index is 12.4. The van der Waals surface area contributed by atoms with Crippen molar-refractivity contribution in [2.45, 2.75) is 38.3 Å². The zero-order chi connectivity index (χ0) is 13.9. The number of carbonyl (C=O) groups is 1. The lowest BCUT2D eigenvalue weighted by atomic mass is 9.99. The average molecular weight is 268 g/mol. The minimum Gasteiger partial charge on any atom is -0.324 e. The highest BCUT2D eigenvalue weighted by Crippen LogP contribution is 2.23. The quantitative estimate of drug-likeness (QED) is 0.877. The van der Waals surface area contributed by atoms with E-state index in [2.05, 4.69) is 29.7 Å². The van der Waals surface area contributed by atoms with Crippen molar-refractivity contribution in [1.82, 2.24) is 5.32 Å². The van der Waals surface area contributed by atoms with Crippen LogP contribution in [0.3, 0.4) is 0 Å². The molecule has 2 aromatic rings. The first-order valence-electron chi connectivity index (χ1n) is 7.29. The van der Waals surface area contributed by atoms with E-state index in [1.807, 2.05) is 30.3 Å². The van der Waals surface area contributed by atoms with Crippen molar-refractivity contribution in [3.8, 4) is 0 Å². The third-order valence-corrected chi connectivity index (χ3v) is 3.98. The molecule has 20 heavy (non-hydrogen) atoms. The Bertz CT molecular complexity index is 618. The number of nitrogens with one attached hydrogen (secondary N) is 2. The molecule has 0 radical (unpaired) electrons. The highest BCUT2D eigenvalue weighted by molar-refractivity contribution is 6.03. The molecule has 2 aromatic carbocycles. The van der Waals surface area contributed by atoms with Gasteiger partial charge in [0.15, 0.2) is 0 Å². The van der Waals surface area contributed by atoms with E-state index < -0.39 is 0 Å². The minimum absolute atomic E-state index is 0.0716. The van der Waals surface area contributed by atoms with Gasteiger partial charge in [-0.15, -0.1) is 0 Å². The van der Waals surface area contributed by atoms with Gasteiger partial charge in [-0.25, -0.2) is 0 Å². The lowest BCUT2D eigenvalue weighted by Gasteiger charge is -2.28. The lowest BCUT2D eigenvalue weighted by molar-refractivity contribution is -0.118. The number of carbonyl (C=O) groups excluding carboxylic acids is 1. The van der Waals surface area contributed by atoms with Crippen molar-refractivity contribution in [2.75, 3.05) is 5.32 Å². The van der Waals surface area contributed by atoms with E-state index in [0.29, 0.717) is 6.04 Å². The summed E-state index contributed by atoms with van der Waals surface area (Å²) in [6.07, 6.45) is 3.18. The fourth-order valence-corrected chi connectivity index (χ4v) is 2.90. The molecule has 3 rings (SSSR count). The first-order valence-corrected chi connectivity index (χ1v) is 7.29. The molecule has 1 amide bonds. The van der Waals surface area contributed by atoms with Crippen LogP contribution < -0.4 is 10.6 Å². The summed E-state index contributed by atoms with van der Waals surface area (Å²) in [4.78, 5) is 12.4. The molecule has 0 bridgehead atoms. The van der Waals surface area contributed by atoms with E-state index in [1.165, 1.54) is 0 Å². The van der Waals surface area contributed by atoms with Crippen LogP contribution in [0.2, 0.25) is 0 Å². The van der Waals surface area contributed by atoms with E-state index in [4.69, 9.17) is 0 Å². The zero-order valence-corrected chi connectivity index (χ0v) is 11.7. The Morgan fingerprint density at radius 1 is 1.15 bits per heavy atom. The van der Waals surface area contributed by atoms with Crippen molar-refractivity contribution in [1.29, 1.82) is 0 Å². The van der Waals surface area contributed by atoms with Crippen molar-refractivity contribution in [2.24, 2.45) is 0 Å². The van der Waals surface area contributed by atoms with E-state index >= 15 is 0 Å². The summed E-state index contributed by atoms with van der Waals surface area (Å²) in [5.41, 5.74) is 0.896. The van der Waals surface area contributed by atoms with E-state index in [-0.39, 0.29) is 11.9 Å². The maximum atomic E-state index is 12.4. The molecule has 1 fully saturated rings. The van der Waals surface area contributed by atoms with E-state index in [9.17, 15) is 4.79 Å². The number of benzene rings is 2. The number of fused-ring (bicyclic) bond motifs is 1. The van der Waals surface area contributed by atoms with Gasteiger partial charge in [0.2, 0.25) is 5.91 Å². The zero-order valence-electron chi connectivity index (χ0n) is 11.7. The molecule has 0 aliphatic carbocycles. The summed E-state index contributed by atoms with van der Waals surface area (Å²) in [6.45, 7) is 2.14. The van der Waals surface area contributed by atoms with Gasteiger partial charge >= 0.3 is 0 Å². The van der Waals surface area contributed by atoms with Gasteiger partial charge in [0, 0.05) is 17.1 Å². The molecule has 104 valence electrons. The Labute approximate surface area is 119 Å². The van der Waals surface area contributed by atoms with Crippen molar-refractivity contribution < 1.29 is 4.79 Å². The van der Waals surface area contributed by atoms with E-state index in [0.717, 1.165) is 35.7 Å². The number of amides is 1. The average Bonchev–Trinajstić information content (AvgIpc) is 2.47. The third-order valence-electron chi connectivity index (χ3n) is 3.98. The van der Waals surface area contributed by atoms with Crippen LogP contribution in [-0.4, -0.2) is 18.0 Å². The number of anilines is 1. The van der Waals surface area contributed by atoms with Crippen LogP contribution in [0, 0.1) is 0 Å². The molecule has 2 atom stereocenters. The maximum Gasteiger partial charge on any atom is 0.241 e. The van der Waals surface area contributed by atoms with Crippen LogP contribution >= 0.6 is 0 Å². The van der Waals surface area contributed by atoms with Crippen LogP contribution in [0.1, 0.15) is 26.2 Å². The topological polar surface area (TPSA) is 41.1 Å². The smallest absolute Gasteiger partial charge is 0.241 e. The van der Waals surface area contributed by atoms with Gasteiger partial charge in [0.1, 0.15) is 0 Å². The second kappa shape index (κ2) is 5.63. The Morgan fingerprint density at radius 2 is 1.95 bits per heavy atom. The first-order chi connectivity index (χ1) is 9.74. The molecule has 2 unspecified atom stereocenters. The molecule has 1 heterocycles. The number of hydrogen-bond donors (Lipinski definition) is 2. The Kier molecular flexibility index (Phi) is 3.70. The number of rotatable bonds is 2. The Balaban J connectivity index is 1.80. The van der Waals surface area contributed by atoms with Gasteiger partial charge in [-0.1, -0.05) is 36.4 Å². The largest absolute Gasteiger partial charge is 0.324 e. The SMILES string of the molecule is CC1CCCC(C(=O)Nc2cccc3ccccc23)N1. The summed E-state index contributed by atoms with van der Waals surface area (Å²) in [5.74, 6) is 0.0768. The molecule has 0 saturated carbocycles. The van der Waals surface area contributed by atoms with Gasteiger partial charge in [0.05, 0.1) is 6.04 Å². The minimum atomic E-state index is -0.0716. The van der Waals surface area contributed by atoms with Crippen LogP contribution in [0.15, 0.2) is 42.5 Å². The molecular weight excluding hydrogens is 248 g/mol. The van der Waals surface area contributed by atoms with Crippen LogP contribution in [0.25, 0.3) is 10.8 Å². The molecule has 1 aliphatic heterocycles. The van der Waals surface area contributed by atoms with Gasteiger partial charge in [0.25, 0.3) is 0 Å². The summed E-state index contributed by atoms with van der Waals surface area (Å²) >= 11 is 0. The Morgan fingerprint density at radius 3 is 2.80 bits per heavy atom. The standard InChI is InChI=1S/C17H20N2O/c1-12-6-4-11-16(18-12)17(20)19-15-10-5-8-13-7-2-3-9-14(13)15/h2-3,5,7-10,12,16,18H,4,6,11H2,1H3,(H,19,20).